The first-order chi connectivity index (χ1) is 6.10. The van der Waals surface area contributed by atoms with Gasteiger partial charge in [-0.05, 0) is 18.3 Å². The van der Waals surface area contributed by atoms with Gasteiger partial charge in [-0.25, -0.2) is 4.79 Å². The molecule has 0 aliphatic rings. The number of ether oxygens (including phenoxy) is 1. The molecule has 74 valence electrons. The van der Waals surface area contributed by atoms with Gasteiger partial charge in [-0.1, -0.05) is 26.0 Å². The van der Waals surface area contributed by atoms with E-state index in [4.69, 9.17) is 0 Å². The standard InChI is InChI=1S/C11H18O2/c1-5-9(2)8-10(3)6-7-11(12)13-4/h5-7,9-10H,1,8H2,2-4H3/b7-6+/t9-,10+/m0/s1. The Bertz CT molecular complexity index is 194. The molecule has 2 heteroatoms. The van der Waals surface area contributed by atoms with Crippen molar-refractivity contribution >= 4 is 5.97 Å². The molecule has 0 aromatic heterocycles. The summed E-state index contributed by atoms with van der Waals surface area (Å²) >= 11 is 0. The fourth-order valence-corrected chi connectivity index (χ4v) is 1.07. The van der Waals surface area contributed by atoms with Gasteiger partial charge in [0.25, 0.3) is 0 Å². The average Bonchev–Trinajstić information content (AvgIpc) is 2.13. The van der Waals surface area contributed by atoms with Crippen molar-refractivity contribution in [3.63, 3.8) is 0 Å². The third-order valence-electron chi connectivity index (χ3n) is 1.91. The Kier molecular flexibility index (Phi) is 5.94. The Balaban J connectivity index is 3.85. The SMILES string of the molecule is C=C[C@H](C)C[C@H](C)/C=C/C(=O)OC. The van der Waals surface area contributed by atoms with Gasteiger partial charge >= 0.3 is 5.97 Å². The molecule has 0 unspecified atom stereocenters. The second kappa shape index (κ2) is 6.46. The molecule has 0 radical (unpaired) electrons. The lowest BCUT2D eigenvalue weighted by Gasteiger charge is -2.09. The Morgan fingerprint density at radius 2 is 2.08 bits per heavy atom. The van der Waals surface area contributed by atoms with Crippen LogP contribution in [0.4, 0.5) is 0 Å². The van der Waals surface area contributed by atoms with Crippen LogP contribution in [-0.2, 0) is 9.53 Å². The van der Waals surface area contributed by atoms with Crippen LogP contribution in [0.3, 0.4) is 0 Å². The fourth-order valence-electron chi connectivity index (χ4n) is 1.07. The summed E-state index contributed by atoms with van der Waals surface area (Å²) in [6.07, 6.45) is 6.27. The molecule has 0 aromatic carbocycles. The van der Waals surface area contributed by atoms with Crippen LogP contribution in [0.15, 0.2) is 24.8 Å². The predicted octanol–water partition coefficient (Wildman–Crippen LogP) is 2.56. The monoisotopic (exact) mass is 182 g/mol. The first kappa shape index (κ1) is 11.9. The van der Waals surface area contributed by atoms with E-state index in [1.165, 1.54) is 13.2 Å². The molecular formula is C11H18O2. The third kappa shape index (κ3) is 6.14. The van der Waals surface area contributed by atoms with Gasteiger partial charge in [-0.2, -0.15) is 0 Å². The lowest BCUT2D eigenvalue weighted by atomic mass is 9.97. The van der Waals surface area contributed by atoms with Crippen molar-refractivity contribution in [2.24, 2.45) is 11.8 Å². The van der Waals surface area contributed by atoms with Crippen molar-refractivity contribution in [1.29, 1.82) is 0 Å². The molecule has 0 rings (SSSR count). The normalized spacial score (nSPS) is 15.3. The van der Waals surface area contributed by atoms with Gasteiger partial charge in [0.15, 0.2) is 0 Å². The van der Waals surface area contributed by atoms with Crippen LogP contribution in [0, 0.1) is 11.8 Å². The fraction of sp³-hybridized carbons (Fsp3) is 0.545. The van der Waals surface area contributed by atoms with Crippen LogP contribution < -0.4 is 0 Å². The number of rotatable bonds is 5. The molecule has 0 bridgehead atoms. The number of allylic oxidation sites excluding steroid dienone is 2. The second-order valence-corrected chi connectivity index (χ2v) is 3.31. The van der Waals surface area contributed by atoms with Crippen molar-refractivity contribution in [1.82, 2.24) is 0 Å². The average molecular weight is 182 g/mol. The number of esters is 1. The molecule has 0 spiro atoms. The first-order valence-electron chi connectivity index (χ1n) is 4.48. The van der Waals surface area contributed by atoms with E-state index in [9.17, 15) is 4.79 Å². The molecule has 0 saturated carbocycles. The molecule has 0 heterocycles. The molecular weight excluding hydrogens is 164 g/mol. The van der Waals surface area contributed by atoms with Crippen LogP contribution in [-0.4, -0.2) is 13.1 Å². The first-order valence-corrected chi connectivity index (χ1v) is 4.48. The zero-order valence-corrected chi connectivity index (χ0v) is 8.62. The quantitative estimate of drug-likeness (QED) is 0.371. The summed E-state index contributed by atoms with van der Waals surface area (Å²) in [5.41, 5.74) is 0. The number of carbonyl (C=O) groups is 1. The van der Waals surface area contributed by atoms with E-state index < -0.39 is 0 Å². The van der Waals surface area contributed by atoms with Gasteiger partial charge in [-0.3, -0.25) is 0 Å². The highest BCUT2D eigenvalue weighted by atomic mass is 16.5. The highest BCUT2D eigenvalue weighted by Gasteiger charge is 2.02. The van der Waals surface area contributed by atoms with Crippen molar-refractivity contribution in [2.45, 2.75) is 20.3 Å². The van der Waals surface area contributed by atoms with E-state index in [-0.39, 0.29) is 5.97 Å². The molecule has 0 saturated heterocycles. The van der Waals surface area contributed by atoms with Gasteiger partial charge in [0, 0.05) is 6.08 Å². The Labute approximate surface area is 80.3 Å². The number of hydrogen-bond donors (Lipinski definition) is 0. The predicted molar refractivity (Wildman–Crippen MR) is 54.3 cm³/mol. The van der Waals surface area contributed by atoms with Crippen LogP contribution in [0.5, 0.6) is 0 Å². The van der Waals surface area contributed by atoms with Gasteiger partial charge in [0.2, 0.25) is 0 Å². The summed E-state index contributed by atoms with van der Waals surface area (Å²) in [7, 11) is 1.38. The number of carbonyl (C=O) groups excluding carboxylic acids is 1. The molecule has 0 aliphatic heterocycles. The molecule has 13 heavy (non-hydrogen) atoms. The van der Waals surface area contributed by atoms with Gasteiger partial charge in [-0.15, -0.1) is 6.58 Å². The smallest absolute Gasteiger partial charge is 0.330 e. The summed E-state index contributed by atoms with van der Waals surface area (Å²) in [4.78, 5) is 10.7. The highest BCUT2D eigenvalue weighted by Crippen LogP contribution is 2.13. The maximum atomic E-state index is 10.7. The van der Waals surface area contributed by atoms with Crippen LogP contribution in [0.1, 0.15) is 20.3 Å². The zero-order valence-electron chi connectivity index (χ0n) is 8.62. The van der Waals surface area contributed by atoms with E-state index in [0.717, 1.165) is 6.42 Å². The molecule has 0 aromatic rings. The summed E-state index contributed by atoms with van der Waals surface area (Å²) < 4.78 is 4.49. The van der Waals surface area contributed by atoms with E-state index in [0.29, 0.717) is 11.8 Å². The minimum Gasteiger partial charge on any atom is -0.466 e. The molecule has 0 amide bonds. The van der Waals surface area contributed by atoms with Crippen LogP contribution in [0.25, 0.3) is 0 Å². The Morgan fingerprint density at radius 3 is 2.54 bits per heavy atom. The summed E-state index contributed by atoms with van der Waals surface area (Å²) in [5.74, 6) is 0.572. The Morgan fingerprint density at radius 1 is 1.46 bits per heavy atom. The molecule has 0 aliphatic carbocycles. The van der Waals surface area contributed by atoms with Gasteiger partial charge in [0.05, 0.1) is 7.11 Å². The van der Waals surface area contributed by atoms with Crippen molar-refractivity contribution < 1.29 is 9.53 Å². The zero-order chi connectivity index (χ0) is 10.3. The van der Waals surface area contributed by atoms with E-state index in [1.807, 2.05) is 12.2 Å². The largest absolute Gasteiger partial charge is 0.466 e. The van der Waals surface area contributed by atoms with Crippen molar-refractivity contribution in [3.05, 3.63) is 24.8 Å². The van der Waals surface area contributed by atoms with E-state index in [2.05, 4.69) is 25.2 Å². The van der Waals surface area contributed by atoms with Crippen molar-refractivity contribution in [3.8, 4) is 0 Å². The highest BCUT2D eigenvalue weighted by molar-refractivity contribution is 5.81. The van der Waals surface area contributed by atoms with Gasteiger partial charge < -0.3 is 4.74 Å². The molecule has 0 N–H and O–H groups in total. The summed E-state index contributed by atoms with van der Waals surface area (Å²) in [6, 6.07) is 0. The van der Waals surface area contributed by atoms with Crippen LogP contribution >= 0.6 is 0 Å². The Hall–Kier alpha value is -1.05. The maximum Gasteiger partial charge on any atom is 0.330 e. The van der Waals surface area contributed by atoms with E-state index in [1.54, 1.807) is 0 Å². The van der Waals surface area contributed by atoms with Crippen LogP contribution in [0.2, 0.25) is 0 Å². The lowest BCUT2D eigenvalue weighted by Crippen LogP contribution is -2.00. The minimum atomic E-state index is -0.293. The number of methoxy groups -OCH3 is 1. The minimum absolute atomic E-state index is 0.293. The third-order valence-corrected chi connectivity index (χ3v) is 1.91. The lowest BCUT2D eigenvalue weighted by molar-refractivity contribution is -0.134. The van der Waals surface area contributed by atoms with Gasteiger partial charge in [0.1, 0.15) is 0 Å². The number of hydrogen-bond acceptors (Lipinski definition) is 2. The summed E-state index contributed by atoms with van der Waals surface area (Å²) in [5, 5.41) is 0. The van der Waals surface area contributed by atoms with E-state index >= 15 is 0 Å². The molecule has 2 atom stereocenters. The molecule has 2 nitrogen and oxygen atoms in total. The van der Waals surface area contributed by atoms with Crippen molar-refractivity contribution in [2.75, 3.05) is 7.11 Å². The summed E-state index contributed by atoms with van der Waals surface area (Å²) in [6.45, 7) is 7.88. The molecule has 0 fully saturated rings. The topological polar surface area (TPSA) is 26.3 Å². The maximum absolute atomic E-state index is 10.7. The second-order valence-electron chi connectivity index (χ2n) is 3.31.